The van der Waals surface area contributed by atoms with Crippen LogP contribution in [0.3, 0.4) is 0 Å². The highest BCUT2D eigenvalue weighted by atomic mass is 32.2. The molecule has 0 amide bonds. The minimum atomic E-state index is -4.14. The molecule has 112 valence electrons. The van der Waals surface area contributed by atoms with Crippen LogP contribution in [0.2, 0.25) is 0 Å². The Morgan fingerprint density at radius 2 is 2.05 bits per heavy atom. The molecule has 1 rings (SSSR count). The van der Waals surface area contributed by atoms with Crippen LogP contribution in [0.1, 0.15) is 12.5 Å². The molecule has 0 aliphatic rings. The van der Waals surface area contributed by atoms with Crippen LogP contribution < -0.4 is 9.88 Å². The summed E-state index contributed by atoms with van der Waals surface area (Å²) in [6, 6.07) is 2.11. The predicted octanol–water partition coefficient (Wildman–Crippen LogP) is 0.964. The van der Waals surface area contributed by atoms with E-state index in [9.17, 15) is 18.5 Å². The van der Waals surface area contributed by atoms with Crippen molar-refractivity contribution in [1.29, 1.82) is 0 Å². The first kappa shape index (κ1) is 16.3. The Labute approximate surface area is 116 Å². The van der Waals surface area contributed by atoms with Crippen LogP contribution in [0.5, 0.6) is 5.75 Å². The van der Waals surface area contributed by atoms with Gasteiger partial charge in [-0.05, 0) is 19.4 Å². The average Bonchev–Trinajstić information content (AvgIpc) is 2.34. The number of sulfonamides is 1. The molecule has 8 nitrogen and oxygen atoms in total. The Kier molecular flexibility index (Phi) is 5.03. The summed E-state index contributed by atoms with van der Waals surface area (Å²) >= 11 is 0. The Morgan fingerprint density at radius 1 is 1.45 bits per heavy atom. The van der Waals surface area contributed by atoms with Gasteiger partial charge in [0.05, 0.1) is 11.0 Å². The second-order valence-corrected chi connectivity index (χ2v) is 5.78. The number of nitrogens with two attached hydrogens (primary N) is 1. The van der Waals surface area contributed by atoms with Gasteiger partial charge in [-0.1, -0.05) is 0 Å². The van der Waals surface area contributed by atoms with Gasteiger partial charge in [-0.15, -0.1) is 0 Å². The van der Waals surface area contributed by atoms with Crippen molar-refractivity contribution in [3.8, 4) is 5.75 Å². The van der Waals surface area contributed by atoms with Crippen molar-refractivity contribution in [2.75, 3.05) is 13.7 Å². The molecule has 0 saturated carbocycles. The molecule has 0 saturated heterocycles. The SMILES string of the molecule is COC(C)COc1c(C)cc([N+](=O)[O-])cc1S(N)(=O)=O. The van der Waals surface area contributed by atoms with Crippen LogP contribution in [0.4, 0.5) is 5.69 Å². The molecule has 1 aromatic rings. The number of hydrogen-bond donors (Lipinski definition) is 1. The molecule has 0 aliphatic carbocycles. The third kappa shape index (κ3) is 3.89. The van der Waals surface area contributed by atoms with Crippen molar-refractivity contribution in [2.45, 2.75) is 24.8 Å². The van der Waals surface area contributed by atoms with Gasteiger partial charge in [-0.3, -0.25) is 10.1 Å². The normalized spacial score (nSPS) is 13.0. The third-order valence-electron chi connectivity index (χ3n) is 2.61. The molecule has 0 radical (unpaired) electrons. The van der Waals surface area contributed by atoms with E-state index in [-0.39, 0.29) is 24.1 Å². The van der Waals surface area contributed by atoms with Gasteiger partial charge >= 0.3 is 0 Å². The largest absolute Gasteiger partial charge is 0.489 e. The Morgan fingerprint density at radius 3 is 2.50 bits per heavy atom. The summed E-state index contributed by atoms with van der Waals surface area (Å²) < 4.78 is 33.4. The minimum Gasteiger partial charge on any atom is -0.489 e. The van der Waals surface area contributed by atoms with Crippen LogP contribution in [-0.2, 0) is 14.8 Å². The molecular weight excluding hydrogens is 288 g/mol. The number of benzene rings is 1. The quantitative estimate of drug-likeness (QED) is 0.617. The van der Waals surface area contributed by atoms with Gasteiger partial charge in [0.25, 0.3) is 5.69 Å². The molecule has 0 spiro atoms. The highest BCUT2D eigenvalue weighted by Crippen LogP contribution is 2.31. The highest BCUT2D eigenvalue weighted by Gasteiger charge is 2.23. The summed E-state index contributed by atoms with van der Waals surface area (Å²) in [5, 5.41) is 15.8. The van der Waals surface area contributed by atoms with Crippen molar-refractivity contribution < 1.29 is 22.8 Å². The molecule has 1 atom stereocenters. The highest BCUT2D eigenvalue weighted by molar-refractivity contribution is 7.89. The summed E-state index contributed by atoms with van der Waals surface area (Å²) in [5.74, 6) is 0.00185. The Hall–Kier alpha value is -1.71. The zero-order valence-electron chi connectivity index (χ0n) is 11.3. The lowest BCUT2D eigenvalue weighted by Gasteiger charge is -2.15. The number of nitro groups is 1. The molecule has 0 aliphatic heterocycles. The van der Waals surface area contributed by atoms with Gasteiger partial charge in [-0.25, -0.2) is 13.6 Å². The van der Waals surface area contributed by atoms with E-state index >= 15 is 0 Å². The summed E-state index contributed by atoms with van der Waals surface area (Å²) in [5.41, 5.74) is -0.0507. The molecule has 0 fully saturated rings. The van der Waals surface area contributed by atoms with Gasteiger partial charge in [0.1, 0.15) is 17.3 Å². The fourth-order valence-electron chi connectivity index (χ4n) is 1.49. The van der Waals surface area contributed by atoms with E-state index in [1.165, 1.54) is 20.1 Å². The van der Waals surface area contributed by atoms with E-state index in [2.05, 4.69) is 0 Å². The second-order valence-electron chi connectivity index (χ2n) is 4.25. The van der Waals surface area contributed by atoms with E-state index in [0.29, 0.717) is 5.56 Å². The smallest absolute Gasteiger partial charge is 0.271 e. The third-order valence-corrected chi connectivity index (χ3v) is 3.52. The monoisotopic (exact) mass is 304 g/mol. The minimum absolute atomic E-state index is 0.00185. The van der Waals surface area contributed by atoms with Gasteiger partial charge in [0, 0.05) is 19.2 Å². The Balaban J connectivity index is 3.31. The van der Waals surface area contributed by atoms with Crippen LogP contribution in [-0.4, -0.2) is 33.2 Å². The number of hydrogen-bond acceptors (Lipinski definition) is 6. The van der Waals surface area contributed by atoms with Gasteiger partial charge in [-0.2, -0.15) is 0 Å². The average molecular weight is 304 g/mol. The van der Waals surface area contributed by atoms with Gasteiger partial charge in [0.15, 0.2) is 0 Å². The zero-order valence-corrected chi connectivity index (χ0v) is 12.1. The van der Waals surface area contributed by atoms with E-state index in [1.54, 1.807) is 6.92 Å². The van der Waals surface area contributed by atoms with Crippen LogP contribution in [0, 0.1) is 17.0 Å². The molecular formula is C11H16N2O6S. The number of aryl methyl sites for hydroxylation is 1. The lowest BCUT2D eigenvalue weighted by molar-refractivity contribution is -0.385. The number of primary sulfonamides is 1. The van der Waals surface area contributed by atoms with Crippen molar-refractivity contribution in [3.05, 3.63) is 27.8 Å². The Bertz CT molecular complexity index is 614. The maximum absolute atomic E-state index is 11.5. The fourth-order valence-corrected chi connectivity index (χ4v) is 2.26. The number of non-ortho nitro benzene ring substituents is 1. The molecule has 9 heteroatoms. The predicted molar refractivity (Wildman–Crippen MR) is 71.2 cm³/mol. The van der Waals surface area contributed by atoms with Gasteiger partial charge < -0.3 is 9.47 Å². The zero-order chi connectivity index (χ0) is 15.5. The van der Waals surface area contributed by atoms with Crippen LogP contribution in [0.25, 0.3) is 0 Å². The number of ether oxygens (including phenoxy) is 2. The second kappa shape index (κ2) is 6.16. The number of nitro benzene ring substituents is 1. The standard InChI is InChI=1S/C11H16N2O6S/c1-7-4-9(13(14)15)5-10(20(12,16)17)11(7)19-6-8(2)18-3/h4-5,8H,6H2,1-3H3,(H2,12,16,17). The fraction of sp³-hybridized carbons (Fsp3) is 0.455. The molecule has 0 aromatic heterocycles. The summed E-state index contributed by atoms with van der Waals surface area (Å²) in [6.45, 7) is 3.34. The summed E-state index contributed by atoms with van der Waals surface area (Å²) in [6.07, 6.45) is -0.266. The lowest BCUT2D eigenvalue weighted by Crippen LogP contribution is -2.20. The maximum Gasteiger partial charge on any atom is 0.271 e. The van der Waals surface area contributed by atoms with Crippen LogP contribution in [0.15, 0.2) is 17.0 Å². The first-order valence-corrected chi connectivity index (χ1v) is 7.19. The summed E-state index contributed by atoms with van der Waals surface area (Å²) in [4.78, 5) is 9.66. The number of rotatable bonds is 6. The van der Waals surface area contributed by atoms with E-state index in [1.807, 2.05) is 0 Å². The first-order chi connectivity index (χ1) is 9.16. The number of methoxy groups -OCH3 is 1. The topological polar surface area (TPSA) is 122 Å². The lowest BCUT2D eigenvalue weighted by atomic mass is 10.2. The van der Waals surface area contributed by atoms with E-state index in [0.717, 1.165) is 6.07 Å². The first-order valence-electron chi connectivity index (χ1n) is 5.64. The maximum atomic E-state index is 11.5. The number of nitrogens with zero attached hydrogens (tertiary/aromatic N) is 1. The van der Waals surface area contributed by atoms with Crippen molar-refractivity contribution in [1.82, 2.24) is 0 Å². The van der Waals surface area contributed by atoms with Crippen molar-refractivity contribution in [2.24, 2.45) is 5.14 Å². The molecule has 0 heterocycles. The molecule has 2 N–H and O–H groups in total. The molecule has 0 bridgehead atoms. The van der Waals surface area contributed by atoms with Crippen molar-refractivity contribution in [3.63, 3.8) is 0 Å². The van der Waals surface area contributed by atoms with Crippen LogP contribution >= 0.6 is 0 Å². The molecule has 1 aromatic carbocycles. The molecule has 20 heavy (non-hydrogen) atoms. The molecule has 1 unspecified atom stereocenters. The van der Waals surface area contributed by atoms with E-state index in [4.69, 9.17) is 14.6 Å². The van der Waals surface area contributed by atoms with Gasteiger partial charge in [0.2, 0.25) is 10.0 Å². The van der Waals surface area contributed by atoms with Crippen molar-refractivity contribution >= 4 is 15.7 Å². The van der Waals surface area contributed by atoms with E-state index < -0.39 is 19.8 Å². The summed E-state index contributed by atoms with van der Waals surface area (Å²) in [7, 11) is -2.65.